The first-order chi connectivity index (χ1) is 13.0. The van der Waals surface area contributed by atoms with E-state index >= 15 is 0 Å². The van der Waals surface area contributed by atoms with Gasteiger partial charge in [-0.3, -0.25) is 4.98 Å². The molecule has 8 heteroatoms. The minimum absolute atomic E-state index is 0.169. The molecule has 1 fully saturated rings. The number of rotatable bonds is 4. The molecule has 1 aliphatic rings. The highest BCUT2D eigenvalue weighted by Crippen LogP contribution is 2.26. The lowest BCUT2D eigenvalue weighted by Gasteiger charge is -2.31. The Kier molecular flexibility index (Phi) is 4.75. The highest BCUT2D eigenvalue weighted by Gasteiger charge is 2.25. The van der Waals surface area contributed by atoms with Gasteiger partial charge in [-0.1, -0.05) is 12.1 Å². The van der Waals surface area contributed by atoms with Gasteiger partial charge in [0.05, 0.1) is 11.8 Å². The zero-order chi connectivity index (χ0) is 18.9. The van der Waals surface area contributed by atoms with E-state index in [4.69, 9.17) is 4.98 Å². The molecule has 0 radical (unpaired) electrons. The quantitative estimate of drug-likeness (QED) is 0.745. The van der Waals surface area contributed by atoms with E-state index in [0.717, 1.165) is 35.1 Å². The van der Waals surface area contributed by atoms with Crippen LogP contribution in [-0.2, 0) is 10.0 Å². The maximum atomic E-state index is 11.7. The molecule has 1 saturated heterocycles. The molecule has 1 aromatic carbocycles. The van der Waals surface area contributed by atoms with Crippen molar-refractivity contribution in [2.75, 3.05) is 24.7 Å². The summed E-state index contributed by atoms with van der Waals surface area (Å²) in [5, 5.41) is 4.47. The molecule has 4 rings (SSSR count). The van der Waals surface area contributed by atoms with Gasteiger partial charge in [-0.2, -0.15) is 0 Å². The Labute approximate surface area is 158 Å². The summed E-state index contributed by atoms with van der Waals surface area (Å²) in [6, 6.07) is 11.9. The number of hydrogen-bond acceptors (Lipinski definition) is 6. The van der Waals surface area contributed by atoms with Crippen LogP contribution < -0.4 is 5.32 Å². The molecule has 3 aromatic rings. The molecule has 0 atom stereocenters. The summed E-state index contributed by atoms with van der Waals surface area (Å²) in [5.74, 6) is 1.40. The Bertz CT molecular complexity index is 1050. The van der Waals surface area contributed by atoms with E-state index < -0.39 is 10.0 Å². The number of sulfonamides is 1. The van der Waals surface area contributed by atoms with Crippen LogP contribution in [0, 0.1) is 0 Å². The number of aromatic nitrogens is 3. The average molecular weight is 383 g/mol. The number of piperidine rings is 1. The van der Waals surface area contributed by atoms with Crippen LogP contribution in [0.15, 0.2) is 48.8 Å². The number of fused-ring (bicyclic) bond motifs is 1. The summed E-state index contributed by atoms with van der Waals surface area (Å²) in [6.07, 6.45) is 6.22. The van der Waals surface area contributed by atoms with Crippen molar-refractivity contribution in [3.8, 4) is 11.4 Å². The second-order valence-electron chi connectivity index (χ2n) is 6.74. The molecule has 0 saturated carbocycles. The summed E-state index contributed by atoms with van der Waals surface area (Å²) < 4.78 is 24.9. The lowest BCUT2D eigenvalue weighted by Crippen LogP contribution is -2.41. The summed E-state index contributed by atoms with van der Waals surface area (Å²) in [4.78, 5) is 13.6. The lowest BCUT2D eigenvalue weighted by molar-refractivity contribution is 0.331. The second-order valence-corrected chi connectivity index (χ2v) is 8.72. The first-order valence-electron chi connectivity index (χ1n) is 8.89. The highest BCUT2D eigenvalue weighted by molar-refractivity contribution is 7.88. The van der Waals surface area contributed by atoms with Gasteiger partial charge in [0.1, 0.15) is 5.82 Å². The minimum atomic E-state index is -3.13. The average Bonchev–Trinajstić information content (AvgIpc) is 2.68. The van der Waals surface area contributed by atoms with Gasteiger partial charge < -0.3 is 5.32 Å². The van der Waals surface area contributed by atoms with E-state index in [1.807, 2.05) is 36.4 Å². The van der Waals surface area contributed by atoms with Gasteiger partial charge in [-0.15, -0.1) is 0 Å². The van der Waals surface area contributed by atoms with Crippen LogP contribution in [0.25, 0.3) is 22.3 Å². The third-order valence-corrected chi connectivity index (χ3v) is 6.09. The molecule has 3 heterocycles. The van der Waals surface area contributed by atoms with E-state index in [1.165, 1.54) is 10.6 Å². The Morgan fingerprint density at radius 3 is 2.56 bits per heavy atom. The first kappa shape index (κ1) is 17.8. The number of hydrogen-bond donors (Lipinski definition) is 1. The van der Waals surface area contributed by atoms with E-state index in [1.54, 1.807) is 12.4 Å². The predicted octanol–water partition coefficient (Wildman–Crippen LogP) is 2.53. The van der Waals surface area contributed by atoms with Gasteiger partial charge in [-0.25, -0.2) is 22.7 Å². The topological polar surface area (TPSA) is 88.1 Å². The molecular formula is C19H21N5O2S. The largest absolute Gasteiger partial charge is 0.367 e. The van der Waals surface area contributed by atoms with Crippen LogP contribution >= 0.6 is 0 Å². The summed E-state index contributed by atoms with van der Waals surface area (Å²) >= 11 is 0. The Balaban J connectivity index is 1.63. The van der Waals surface area contributed by atoms with Crippen molar-refractivity contribution in [2.45, 2.75) is 18.9 Å². The molecule has 0 bridgehead atoms. The zero-order valence-corrected chi connectivity index (χ0v) is 15.9. The molecule has 1 N–H and O–H groups in total. The number of nitrogens with zero attached hydrogens (tertiary/aromatic N) is 4. The maximum Gasteiger partial charge on any atom is 0.211 e. The number of pyridine rings is 1. The van der Waals surface area contributed by atoms with Crippen LogP contribution in [0.4, 0.5) is 5.82 Å². The Morgan fingerprint density at radius 1 is 1.07 bits per heavy atom. The van der Waals surface area contributed by atoms with E-state index in [9.17, 15) is 8.42 Å². The molecule has 0 unspecified atom stereocenters. The highest BCUT2D eigenvalue weighted by atomic mass is 32.2. The van der Waals surface area contributed by atoms with Gasteiger partial charge in [0, 0.05) is 42.5 Å². The summed E-state index contributed by atoms with van der Waals surface area (Å²) in [7, 11) is -3.13. The Morgan fingerprint density at radius 2 is 1.85 bits per heavy atom. The second kappa shape index (κ2) is 7.21. The van der Waals surface area contributed by atoms with Crippen LogP contribution in [-0.4, -0.2) is 53.1 Å². The third-order valence-electron chi connectivity index (χ3n) is 4.79. The fraction of sp³-hybridized carbons (Fsp3) is 0.316. The van der Waals surface area contributed by atoms with Gasteiger partial charge in [0.25, 0.3) is 0 Å². The van der Waals surface area contributed by atoms with Crippen LogP contribution in [0.5, 0.6) is 0 Å². The zero-order valence-electron chi connectivity index (χ0n) is 15.0. The van der Waals surface area contributed by atoms with Crippen LogP contribution in [0.1, 0.15) is 12.8 Å². The monoisotopic (exact) mass is 383 g/mol. The van der Waals surface area contributed by atoms with Crippen molar-refractivity contribution in [3.63, 3.8) is 0 Å². The van der Waals surface area contributed by atoms with Crippen molar-refractivity contribution in [1.29, 1.82) is 0 Å². The molecule has 140 valence electrons. The Hall–Kier alpha value is -2.58. The SMILES string of the molecule is CS(=O)(=O)N1CCC(Nc2nc(-c3cccnc3)nc3ccccc23)CC1. The molecule has 0 spiro atoms. The molecule has 2 aromatic heterocycles. The smallest absolute Gasteiger partial charge is 0.211 e. The molecule has 0 aliphatic carbocycles. The first-order valence-corrected chi connectivity index (χ1v) is 10.7. The molecule has 7 nitrogen and oxygen atoms in total. The standard InChI is InChI=1S/C19H21N5O2S/c1-27(25,26)24-11-8-15(9-12-24)21-19-16-6-2-3-7-17(16)22-18(23-19)14-5-4-10-20-13-14/h2-7,10,13,15H,8-9,11-12H2,1H3,(H,21,22,23). The fourth-order valence-corrected chi connectivity index (χ4v) is 4.21. The summed E-state index contributed by atoms with van der Waals surface area (Å²) in [5.41, 5.74) is 1.72. The number of anilines is 1. The van der Waals surface area contributed by atoms with Crippen molar-refractivity contribution >= 4 is 26.7 Å². The van der Waals surface area contributed by atoms with Crippen molar-refractivity contribution in [2.24, 2.45) is 0 Å². The lowest BCUT2D eigenvalue weighted by atomic mass is 10.1. The van der Waals surface area contributed by atoms with Crippen LogP contribution in [0.3, 0.4) is 0 Å². The predicted molar refractivity (Wildman–Crippen MR) is 106 cm³/mol. The van der Waals surface area contributed by atoms with Crippen molar-refractivity contribution in [3.05, 3.63) is 48.8 Å². The number of nitrogens with one attached hydrogen (secondary N) is 1. The minimum Gasteiger partial charge on any atom is -0.367 e. The molecule has 27 heavy (non-hydrogen) atoms. The fourth-order valence-electron chi connectivity index (χ4n) is 3.34. The maximum absolute atomic E-state index is 11.7. The normalized spacial score (nSPS) is 16.5. The van der Waals surface area contributed by atoms with E-state index in [0.29, 0.717) is 18.9 Å². The number of benzene rings is 1. The molecule has 0 amide bonds. The summed E-state index contributed by atoms with van der Waals surface area (Å²) in [6.45, 7) is 1.05. The van der Waals surface area contributed by atoms with E-state index in [2.05, 4.69) is 15.3 Å². The third kappa shape index (κ3) is 3.91. The molecule has 1 aliphatic heterocycles. The van der Waals surface area contributed by atoms with Gasteiger partial charge >= 0.3 is 0 Å². The van der Waals surface area contributed by atoms with Crippen LogP contribution in [0.2, 0.25) is 0 Å². The number of para-hydroxylation sites is 1. The van der Waals surface area contributed by atoms with Gasteiger partial charge in [0.15, 0.2) is 5.82 Å². The van der Waals surface area contributed by atoms with Gasteiger partial charge in [-0.05, 0) is 37.1 Å². The van der Waals surface area contributed by atoms with E-state index in [-0.39, 0.29) is 6.04 Å². The van der Waals surface area contributed by atoms with Crippen molar-refractivity contribution < 1.29 is 8.42 Å². The molecular weight excluding hydrogens is 362 g/mol. The van der Waals surface area contributed by atoms with Crippen molar-refractivity contribution in [1.82, 2.24) is 19.3 Å². The van der Waals surface area contributed by atoms with Gasteiger partial charge in [0.2, 0.25) is 10.0 Å².